The molecule has 0 fully saturated rings. The van der Waals surface area contributed by atoms with Gasteiger partial charge in [0, 0.05) is 0 Å². The summed E-state index contributed by atoms with van der Waals surface area (Å²) in [6, 6.07) is 0. The van der Waals surface area contributed by atoms with Gasteiger partial charge in [-0.3, -0.25) is 11.5 Å². The highest BCUT2D eigenvalue weighted by Crippen LogP contribution is 2.21. The van der Waals surface area contributed by atoms with E-state index in [2.05, 4.69) is 15.5 Å². The van der Waals surface area contributed by atoms with Crippen LogP contribution in [0.4, 0.5) is 0 Å². The zero-order valence-corrected chi connectivity index (χ0v) is 6.01. The smallest absolute Gasteiger partial charge is 0.298 e. The van der Waals surface area contributed by atoms with Crippen LogP contribution < -0.4 is 17.2 Å². The molecule has 0 aliphatic carbocycles. The van der Waals surface area contributed by atoms with Crippen molar-refractivity contribution in [2.24, 2.45) is 32.7 Å². The first-order chi connectivity index (χ1) is 5.49. The molecule has 6 N–H and O–H groups in total. The zero-order chi connectivity index (χ0) is 9.83. The largest absolute Gasteiger partial charge is 0.326 e. The minimum Gasteiger partial charge on any atom is -0.326 e. The van der Waals surface area contributed by atoms with E-state index in [1.807, 2.05) is 0 Å². The number of hydrogen-bond acceptors (Lipinski definition) is 9. The summed E-state index contributed by atoms with van der Waals surface area (Å²) in [4.78, 5) is 30.2. The summed E-state index contributed by atoms with van der Waals surface area (Å²) in [7, 11) is 0. The van der Waals surface area contributed by atoms with Crippen LogP contribution in [0.1, 0.15) is 0 Å². The molecular formula is C3H8N6O3. The van der Waals surface area contributed by atoms with Crippen molar-refractivity contribution < 1.29 is 0 Å². The molecule has 0 amide bonds. The van der Waals surface area contributed by atoms with Gasteiger partial charge in [-0.15, -0.1) is 14.7 Å². The van der Waals surface area contributed by atoms with Gasteiger partial charge in [0.2, 0.25) is 0 Å². The highest BCUT2D eigenvalue weighted by Gasteiger charge is 2.52. The molecule has 12 heavy (non-hydrogen) atoms. The molecule has 0 saturated heterocycles. The average Bonchev–Trinajstić information content (AvgIpc) is 2.08. The molecule has 0 unspecified atom stereocenters. The van der Waals surface area contributed by atoms with E-state index in [1.54, 1.807) is 0 Å². The fraction of sp³-hybridized carbons (Fsp3) is 1.00. The maximum Gasteiger partial charge on any atom is 0.298 e. The van der Waals surface area contributed by atoms with Crippen molar-refractivity contribution in [3.8, 4) is 0 Å². The molecule has 0 aromatic heterocycles. The Kier molecular flexibility index (Phi) is 3.01. The van der Waals surface area contributed by atoms with Crippen LogP contribution >= 0.6 is 0 Å². The molecular weight excluding hydrogens is 168 g/mol. The van der Waals surface area contributed by atoms with Crippen LogP contribution in [0.25, 0.3) is 0 Å². The fourth-order valence-electron chi connectivity index (χ4n) is 0.474. The number of nitrogens with two attached hydrogens (primary N) is 3. The molecule has 0 aliphatic rings. The zero-order valence-electron chi connectivity index (χ0n) is 6.01. The van der Waals surface area contributed by atoms with Crippen molar-refractivity contribution in [2.75, 3.05) is 6.54 Å². The molecule has 0 heterocycles. The molecule has 0 bridgehead atoms. The molecule has 0 spiro atoms. The van der Waals surface area contributed by atoms with Crippen LogP contribution in [0.5, 0.6) is 0 Å². The van der Waals surface area contributed by atoms with Gasteiger partial charge in [0.05, 0.1) is 6.54 Å². The minimum atomic E-state index is -2.51. The monoisotopic (exact) mass is 176 g/mol. The van der Waals surface area contributed by atoms with Crippen molar-refractivity contribution in [3.63, 3.8) is 0 Å². The quantitative estimate of drug-likeness (QED) is 0.340. The number of hydrogen-bond donors (Lipinski definition) is 3. The lowest BCUT2D eigenvalue weighted by molar-refractivity contribution is 0.247. The van der Waals surface area contributed by atoms with E-state index in [0.717, 1.165) is 0 Å². The van der Waals surface area contributed by atoms with Gasteiger partial charge < -0.3 is 5.73 Å². The first-order valence-corrected chi connectivity index (χ1v) is 2.81. The van der Waals surface area contributed by atoms with Crippen LogP contribution in [-0.2, 0) is 0 Å². The Morgan fingerprint density at radius 1 is 1.00 bits per heavy atom. The summed E-state index contributed by atoms with van der Waals surface area (Å²) >= 11 is 0. The Hall–Kier alpha value is -1.32. The molecule has 0 saturated carbocycles. The molecule has 0 aromatic rings. The molecule has 9 nitrogen and oxygen atoms in total. The van der Waals surface area contributed by atoms with Gasteiger partial charge in [-0.1, -0.05) is 0 Å². The third-order valence-corrected chi connectivity index (χ3v) is 1.38. The number of nitrogens with zero attached hydrogens (tertiary/aromatic N) is 3. The van der Waals surface area contributed by atoms with Crippen LogP contribution in [0.15, 0.2) is 15.5 Å². The molecule has 68 valence electrons. The fourth-order valence-corrected chi connectivity index (χ4v) is 0.474. The third kappa shape index (κ3) is 1.32. The predicted molar refractivity (Wildman–Crippen MR) is 40.3 cm³/mol. The molecule has 0 radical (unpaired) electrons. The Bertz CT molecular complexity index is 194. The second-order valence-electron chi connectivity index (χ2n) is 2.12. The van der Waals surface area contributed by atoms with Gasteiger partial charge in [-0.05, 0) is 15.5 Å². The Morgan fingerprint density at radius 3 is 1.50 bits per heavy atom. The van der Waals surface area contributed by atoms with E-state index >= 15 is 0 Å². The van der Waals surface area contributed by atoms with Gasteiger partial charge >= 0.3 is 0 Å². The normalized spacial score (nSPS) is 12.2. The van der Waals surface area contributed by atoms with Gasteiger partial charge in [0.15, 0.2) is 0 Å². The molecule has 0 aromatic carbocycles. The van der Waals surface area contributed by atoms with E-state index < -0.39 is 18.0 Å². The standard InChI is InChI=1S/C3H8N6O3/c4-1-2(7-10,8-11)3(5,6)9-12/h1,4-6H2. The Morgan fingerprint density at radius 2 is 1.42 bits per heavy atom. The van der Waals surface area contributed by atoms with E-state index in [0.29, 0.717) is 0 Å². The van der Waals surface area contributed by atoms with Crippen molar-refractivity contribution in [2.45, 2.75) is 11.4 Å². The van der Waals surface area contributed by atoms with Crippen LogP contribution in [-0.4, -0.2) is 18.0 Å². The Labute approximate surface area is 66.6 Å². The lowest BCUT2D eigenvalue weighted by Gasteiger charge is -2.26. The van der Waals surface area contributed by atoms with Crippen LogP contribution in [0, 0.1) is 14.7 Å². The average molecular weight is 176 g/mol. The molecule has 9 heteroatoms. The lowest BCUT2D eigenvalue weighted by Crippen LogP contribution is -2.66. The molecule has 0 atom stereocenters. The summed E-state index contributed by atoms with van der Waals surface area (Å²) in [5.41, 5.74) is 12.4. The topological polar surface area (TPSA) is 166 Å². The summed E-state index contributed by atoms with van der Waals surface area (Å²) in [5, 5.41) is 6.55. The van der Waals surface area contributed by atoms with Crippen molar-refractivity contribution in [3.05, 3.63) is 14.7 Å². The van der Waals surface area contributed by atoms with Gasteiger partial charge in [-0.2, -0.15) is 0 Å². The summed E-state index contributed by atoms with van der Waals surface area (Å²) in [6.07, 6.45) is 0. The van der Waals surface area contributed by atoms with Gasteiger partial charge in [0.25, 0.3) is 11.4 Å². The first-order valence-electron chi connectivity index (χ1n) is 2.81. The molecule has 0 aliphatic heterocycles. The first kappa shape index (κ1) is 10.7. The van der Waals surface area contributed by atoms with E-state index in [4.69, 9.17) is 17.2 Å². The summed E-state index contributed by atoms with van der Waals surface area (Å²) < 4.78 is 0. The third-order valence-electron chi connectivity index (χ3n) is 1.38. The SMILES string of the molecule is NCC(N=O)(N=O)C(N)(N)N=O. The van der Waals surface area contributed by atoms with Crippen LogP contribution in [0.2, 0.25) is 0 Å². The van der Waals surface area contributed by atoms with Crippen molar-refractivity contribution in [1.82, 2.24) is 0 Å². The van der Waals surface area contributed by atoms with Crippen molar-refractivity contribution >= 4 is 0 Å². The maximum atomic E-state index is 10.1. The lowest BCUT2D eigenvalue weighted by atomic mass is 10.1. The predicted octanol–water partition coefficient (Wildman–Crippen LogP) is -1.49. The summed E-state index contributed by atoms with van der Waals surface area (Å²) in [6.45, 7) is -0.682. The van der Waals surface area contributed by atoms with Gasteiger partial charge in [0.1, 0.15) is 0 Å². The highest BCUT2D eigenvalue weighted by molar-refractivity contribution is 5.02. The summed E-state index contributed by atoms with van der Waals surface area (Å²) in [5.74, 6) is -2.51. The maximum absolute atomic E-state index is 10.1. The van der Waals surface area contributed by atoms with E-state index in [1.165, 1.54) is 0 Å². The van der Waals surface area contributed by atoms with Crippen LogP contribution in [0.3, 0.4) is 0 Å². The number of nitroso groups, excluding NO2 is 3. The minimum absolute atomic E-state index is 0.682. The second kappa shape index (κ2) is 3.38. The van der Waals surface area contributed by atoms with Gasteiger partial charge in [-0.25, -0.2) is 0 Å². The Balaban J connectivity index is 5.07. The second-order valence-corrected chi connectivity index (χ2v) is 2.12. The van der Waals surface area contributed by atoms with E-state index in [9.17, 15) is 14.7 Å². The van der Waals surface area contributed by atoms with E-state index in [-0.39, 0.29) is 0 Å². The highest BCUT2D eigenvalue weighted by atomic mass is 16.3. The molecule has 0 rings (SSSR count). The van der Waals surface area contributed by atoms with Crippen molar-refractivity contribution in [1.29, 1.82) is 0 Å². The number of rotatable bonds is 5.